The van der Waals surface area contributed by atoms with E-state index >= 15 is 0 Å². The molecule has 0 atom stereocenters. The molecule has 3 heteroatoms. The molecule has 2 aromatic carbocycles. The molecule has 0 heterocycles. The van der Waals surface area contributed by atoms with Crippen LogP contribution >= 0.6 is 0 Å². The van der Waals surface area contributed by atoms with Gasteiger partial charge in [0.15, 0.2) is 0 Å². The molecule has 2 aromatic rings. The quantitative estimate of drug-likeness (QED) is 0.865. The van der Waals surface area contributed by atoms with E-state index in [0.717, 1.165) is 16.5 Å². The average molecular weight is 272 g/mol. The predicted octanol–water partition coefficient (Wildman–Crippen LogP) is 4.49. The fraction of sp³-hybridized carbons (Fsp3) is 0.353. The number of carboxylic acids is 1. The molecular weight excluding hydrogens is 252 g/mol. The monoisotopic (exact) mass is 272 g/mol. The second-order valence-electron chi connectivity index (χ2n) is 5.78. The maximum Gasteiger partial charge on any atom is 0.339 e. The van der Waals surface area contributed by atoms with Crippen LogP contribution in [0.4, 0.5) is 0 Å². The molecule has 0 saturated carbocycles. The Bertz CT molecular complexity index is 669. The van der Waals surface area contributed by atoms with Crippen LogP contribution in [0.2, 0.25) is 0 Å². The Labute approximate surface area is 118 Å². The molecule has 0 radical (unpaired) electrons. The molecule has 0 fully saturated rings. The van der Waals surface area contributed by atoms with Gasteiger partial charge in [-0.1, -0.05) is 39.8 Å². The third-order valence-corrected chi connectivity index (χ3v) is 3.68. The van der Waals surface area contributed by atoms with Crippen molar-refractivity contribution in [2.75, 3.05) is 0 Å². The van der Waals surface area contributed by atoms with Crippen molar-refractivity contribution in [3.8, 4) is 5.75 Å². The first-order valence-corrected chi connectivity index (χ1v) is 6.85. The minimum Gasteiger partial charge on any atom is -0.506 e. The first-order chi connectivity index (χ1) is 9.32. The van der Waals surface area contributed by atoms with Crippen molar-refractivity contribution in [2.24, 2.45) is 0 Å². The van der Waals surface area contributed by atoms with Gasteiger partial charge in [-0.25, -0.2) is 4.79 Å². The topological polar surface area (TPSA) is 57.5 Å². The van der Waals surface area contributed by atoms with Crippen LogP contribution in [-0.2, 0) is 0 Å². The van der Waals surface area contributed by atoms with Crippen molar-refractivity contribution in [1.82, 2.24) is 0 Å². The number of aromatic hydroxyl groups is 1. The number of fused-ring (bicyclic) bond motifs is 1. The fourth-order valence-corrected chi connectivity index (χ4v) is 2.46. The van der Waals surface area contributed by atoms with Crippen molar-refractivity contribution in [3.63, 3.8) is 0 Å². The lowest BCUT2D eigenvalue weighted by Gasteiger charge is -2.15. The van der Waals surface area contributed by atoms with Crippen LogP contribution in [0.25, 0.3) is 10.8 Å². The van der Waals surface area contributed by atoms with Crippen molar-refractivity contribution in [2.45, 2.75) is 39.5 Å². The summed E-state index contributed by atoms with van der Waals surface area (Å²) in [7, 11) is 0. The molecule has 0 aliphatic heterocycles. The van der Waals surface area contributed by atoms with Crippen molar-refractivity contribution >= 4 is 16.7 Å². The zero-order chi connectivity index (χ0) is 15.0. The van der Waals surface area contributed by atoms with Gasteiger partial charge in [0.05, 0.1) is 0 Å². The summed E-state index contributed by atoms with van der Waals surface area (Å²) in [5, 5.41) is 21.0. The van der Waals surface area contributed by atoms with Crippen LogP contribution in [0.15, 0.2) is 24.3 Å². The molecule has 0 saturated heterocycles. The summed E-state index contributed by atoms with van der Waals surface area (Å²) < 4.78 is 0. The molecule has 0 amide bonds. The SMILES string of the molecule is CC(C)c1ccc2c(C(C)C)cc(C(=O)O)c(O)c2c1. The summed E-state index contributed by atoms with van der Waals surface area (Å²) in [6.45, 7) is 8.19. The Morgan fingerprint density at radius 1 is 1.00 bits per heavy atom. The fourth-order valence-electron chi connectivity index (χ4n) is 2.46. The van der Waals surface area contributed by atoms with Gasteiger partial charge in [0, 0.05) is 5.39 Å². The second kappa shape index (κ2) is 5.16. The van der Waals surface area contributed by atoms with Crippen LogP contribution in [0.3, 0.4) is 0 Å². The molecule has 106 valence electrons. The Hall–Kier alpha value is -2.03. The van der Waals surface area contributed by atoms with E-state index in [2.05, 4.69) is 13.8 Å². The van der Waals surface area contributed by atoms with E-state index in [4.69, 9.17) is 0 Å². The van der Waals surface area contributed by atoms with E-state index in [1.807, 2.05) is 32.0 Å². The molecule has 3 nitrogen and oxygen atoms in total. The van der Waals surface area contributed by atoms with Gasteiger partial charge in [0.25, 0.3) is 0 Å². The van der Waals surface area contributed by atoms with E-state index in [1.54, 1.807) is 6.07 Å². The van der Waals surface area contributed by atoms with Crippen LogP contribution < -0.4 is 0 Å². The largest absolute Gasteiger partial charge is 0.506 e. The molecule has 0 aliphatic rings. The van der Waals surface area contributed by atoms with Crippen LogP contribution in [0.1, 0.15) is 61.0 Å². The summed E-state index contributed by atoms with van der Waals surface area (Å²) in [6, 6.07) is 7.50. The normalized spacial score (nSPS) is 11.5. The smallest absolute Gasteiger partial charge is 0.339 e. The zero-order valence-electron chi connectivity index (χ0n) is 12.3. The summed E-state index contributed by atoms with van der Waals surface area (Å²) in [5.41, 5.74) is 2.01. The van der Waals surface area contributed by atoms with Crippen LogP contribution in [-0.4, -0.2) is 16.2 Å². The highest BCUT2D eigenvalue weighted by molar-refractivity contribution is 6.02. The minimum absolute atomic E-state index is 0.0258. The molecule has 0 unspecified atom stereocenters. The molecule has 20 heavy (non-hydrogen) atoms. The summed E-state index contributed by atoms with van der Waals surface area (Å²) >= 11 is 0. The third-order valence-electron chi connectivity index (χ3n) is 3.68. The predicted molar refractivity (Wildman–Crippen MR) is 80.8 cm³/mol. The van der Waals surface area contributed by atoms with E-state index < -0.39 is 5.97 Å². The van der Waals surface area contributed by atoms with Gasteiger partial charge in [0.1, 0.15) is 11.3 Å². The summed E-state index contributed by atoms with van der Waals surface area (Å²) in [6.07, 6.45) is 0. The number of carboxylic acid groups (broad SMARTS) is 1. The van der Waals surface area contributed by atoms with Gasteiger partial charge in [0.2, 0.25) is 0 Å². The minimum atomic E-state index is -1.10. The number of rotatable bonds is 3. The maximum absolute atomic E-state index is 11.3. The molecule has 2 N–H and O–H groups in total. The van der Waals surface area contributed by atoms with Gasteiger partial charge in [-0.15, -0.1) is 0 Å². The van der Waals surface area contributed by atoms with E-state index in [-0.39, 0.29) is 17.2 Å². The Morgan fingerprint density at radius 2 is 1.65 bits per heavy atom. The lowest BCUT2D eigenvalue weighted by atomic mass is 9.90. The Kier molecular flexibility index (Phi) is 3.71. The number of phenols is 1. The van der Waals surface area contributed by atoms with Gasteiger partial charge < -0.3 is 10.2 Å². The first kappa shape index (κ1) is 14.4. The van der Waals surface area contributed by atoms with Gasteiger partial charge in [-0.3, -0.25) is 0 Å². The molecular formula is C17H20O3. The summed E-state index contributed by atoms with van der Waals surface area (Å²) in [5.74, 6) is -0.712. The highest BCUT2D eigenvalue weighted by atomic mass is 16.4. The molecule has 2 rings (SSSR count). The standard InChI is InChI=1S/C17H20O3/c1-9(2)11-5-6-12-13(10(3)4)8-15(17(19)20)16(18)14(12)7-11/h5-10,18H,1-4H3,(H,19,20). The van der Waals surface area contributed by atoms with Gasteiger partial charge in [-0.05, 0) is 40.5 Å². The van der Waals surface area contributed by atoms with Crippen molar-refractivity contribution in [1.29, 1.82) is 0 Å². The number of hydrogen-bond acceptors (Lipinski definition) is 2. The average Bonchev–Trinajstić information content (AvgIpc) is 2.37. The Balaban J connectivity index is 2.87. The van der Waals surface area contributed by atoms with E-state index in [1.165, 1.54) is 0 Å². The van der Waals surface area contributed by atoms with Crippen LogP contribution in [0, 0.1) is 0 Å². The molecule has 0 aromatic heterocycles. The van der Waals surface area contributed by atoms with E-state index in [9.17, 15) is 15.0 Å². The first-order valence-electron chi connectivity index (χ1n) is 6.85. The number of carbonyl (C=O) groups is 1. The third kappa shape index (κ3) is 2.36. The number of benzene rings is 2. The Morgan fingerprint density at radius 3 is 2.15 bits per heavy atom. The number of hydrogen-bond donors (Lipinski definition) is 2. The van der Waals surface area contributed by atoms with Gasteiger partial charge in [-0.2, -0.15) is 0 Å². The maximum atomic E-state index is 11.3. The lowest BCUT2D eigenvalue weighted by Crippen LogP contribution is -2.01. The second-order valence-corrected chi connectivity index (χ2v) is 5.78. The number of aromatic carboxylic acids is 1. The summed E-state index contributed by atoms with van der Waals surface area (Å²) in [4.78, 5) is 11.3. The molecule has 0 aliphatic carbocycles. The molecule has 0 bridgehead atoms. The zero-order valence-corrected chi connectivity index (χ0v) is 12.3. The van der Waals surface area contributed by atoms with Gasteiger partial charge >= 0.3 is 5.97 Å². The van der Waals surface area contributed by atoms with Crippen molar-refractivity contribution < 1.29 is 15.0 Å². The van der Waals surface area contributed by atoms with Crippen molar-refractivity contribution in [3.05, 3.63) is 41.0 Å². The molecule has 0 spiro atoms. The lowest BCUT2D eigenvalue weighted by molar-refractivity contribution is 0.0694. The van der Waals surface area contributed by atoms with Crippen LogP contribution in [0.5, 0.6) is 5.75 Å². The highest BCUT2D eigenvalue weighted by Gasteiger charge is 2.18. The highest BCUT2D eigenvalue weighted by Crippen LogP contribution is 2.36. The van der Waals surface area contributed by atoms with E-state index in [0.29, 0.717) is 11.3 Å².